The van der Waals surface area contributed by atoms with Gasteiger partial charge in [-0.15, -0.1) is 10.2 Å². The van der Waals surface area contributed by atoms with E-state index < -0.39 is 0 Å². The van der Waals surface area contributed by atoms with Crippen LogP contribution in [0.2, 0.25) is 0 Å². The van der Waals surface area contributed by atoms with Gasteiger partial charge in [-0.3, -0.25) is 4.79 Å². The predicted octanol–water partition coefficient (Wildman–Crippen LogP) is 1.41. The number of nitrogens with zero attached hydrogens (tertiary/aromatic N) is 3. The zero-order chi connectivity index (χ0) is 14.5. The van der Waals surface area contributed by atoms with Crippen LogP contribution < -0.4 is 11.1 Å². The maximum absolute atomic E-state index is 12.1. The van der Waals surface area contributed by atoms with Gasteiger partial charge in [0.05, 0.1) is 5.69 Å². The summed E-state index contributed by atoms with van der Waals surface area (Å²) in [5, 5.41) is 10.9. The number of amides is 1. The molecule has 0 fully saturated rings. The van der Waals surface area contributed by atoms with Gasteiger partial charge in [-0.05, 0) is 25.1 Å². The van der Waals surface area contributed by atoms with Crippen molar-refractivity contribution in [3.63, 3.8) is 0 Å². The number of carbonyl (C=O) groups is 1. The molecule has 106 valence electrons. The van der Waals surface area contributed by atoms with Gasteiger partial charge in [0.25, 0.3) is 0 Å². The molecule has 1 aromatic heterocycles. The molecule has 2 aromatic rings. The van der Waals surface area contributed by atoms with Crippen molar-refractivity contribution in [1.29, 1.82) is 0 Å². The molecule has 0 saturated heterocycles. The average Bonchev–Trinajstić information content (AvgIpc) is 2.86. The quantitative estimate of drug-likeness (QED) is 0.862. The summed E-state index contributed by atoms with van der Waals surface area (Å²) in [6.07, 6.45) is 2.29. The fourth-order valence-electron chi connectivity index (χ4n) is 1.95. The Kier molecular flexibility index (Phi) is 4.47. The number of aryl methyl sites for hydroxylation is 1. The Morgan fingerprint density at radius 2 is 2.20 bits per heavy atom. The fraction of sp³-hybridized carbons (Fsp3) is 0.357. The van der Waals surface area contributed by atoms with Crippen LogP contribution in [0.5, 0.6) is 0 Å². The van der Waals surface area contributed by atoms with E-state index in [4.69, 9.17) is 5.73 Å². The molecule has 3 N–H and O–H groups in total. The van der Waals surface area contributed by atoms with E-state index in [0.717, 1.165) is 11.3 Å². The van der Waals surface area contributed by atoms with Crippen molar-refractivity contribution >= 4 is 11.6 Å². The van der Waals surface area contributed by atoms with E-state index in [0.29, 0.717) is 18.8 Å². The van der Waals surface area contributed by atoms with Crippen molar-refractivity contribution in [3.8, 4) is 11.4 Å². The van der Waals surface area contributed by atoms with Crippen LogP contribution in [-0.4, -0.2) is 27.2 Å². The molecule has 0 aliphatic carbocycles. The molecule has 0 spiro atoms. The lowest BCUT2D eigenvalue weighted by molar-refractivity contribution is -0.119. The Hall–Kier alpha value is -2.21. The minimum atomic E-state index is -0.118. The second-order valence-corrected chi connectivity index (χ2v) is 4.78. The first-order valence-corrected chi connectivity index (χ1v) is 6.57. The van der Waals surface area contributed by atoms with E-state index >= 15 is 0 Å². The van der Waals surface area contributed by atoms with Crippen molar-refractivity contribution in [1.82, 2.24) is 14.8 Å². The number of hydrogen-bond donors (Lipinski definition) is 2. The average molecular weight is 273 g/mol. The number of nitrogens with two attached hydrogens (primary N) is 1. The van der Waals surface area contributed by atoms with Crippen LogP contribution in [0.3, 0.4) is 0 Å². The summed E-state index contributed by atoms with van der Waals surface area (Å²) in [7, 11) is 1.87. The van der Waals surface area contributed by atoms with E-state index in [1.54, 1.807) is 6.33 Å². The molecule has 1 heterocycles. The van der Waals surface area contributed by atoms with Crippen LogP contribution >= 0.6 is 0 Å². The third-order valence-electron chi connectivity index (χ3n) is 3.18. The van der Waals surface area contributed by atoms with E-state index in [-0.39, 0.29) is 11.8 Å². The zero-order valence-corrected chi connectivity index (χ0v) is 11.7. The number of hydrogen-bond acceptors (Lipinski definition) is 4. The first kappa shape index (κ1) is 14.2. The van der Waals surface area contributed by atoms with Gasteiger partial charge in [-0.2, -0.15) is 0 Å². The highest BCUT2D eigenvalue weighted by Crippen LogP contribution is 2.26. The Morgan fingerprint density at radius 1 is 1.45 bits per heavy atom. The SMILES string of the molecule is CC(CCN)C(=O)Nc1ccccc1-c1nncn1C. The van der Waals surface area contributed by atoms with Gasteiger partial charge < -0.3 is 15.6 Å². The van der Waals surface area contributed by atoms with E-state index in [2.05, 4.69) is 15.5 Å². The minimum absolute atomic E-state index is 0.0370. The maximum Gasteiger partial charge on any atom is 0.227 e. The first-order valence-electron chi connectivity index (χ1n) is 6.57. The third-order valence-corrected chi connectivity index (χ3v) is 3.18. The first-order chi connectivity index (χ1) is 9.63. The summed E-state index contributed by atoms with van der Waals surface area (Å²) in [6.45, 7) is 2.37. The van der Waals surface area contributed by atoms with Gasteiger partial charge >= 0.3 is 0 Å². The minimum Gasteiger partial charge on any atom is -0.330 e. The van der Waals surface area contributed by atoms with Crippen molar-refractivity contribution in [2.24, 2.45) is 18.7 Å². The molecule has 0 bridgehead atoms. The van der Waals surface area contributed by atoms with Gasteiger partial charge in [-0.25, -0.2) is 0 Å². The molecule has 0 aliphatic heterocycles. The molecule has 1 amide bonds. The van der Waals surface area contributed by atoms with Crippen LogP contribution in [0.1, 0.15) is 13.3 Å². The third kappa shape index (κ3) is 3.03. The summed E-state index contributed by atoms with van der Waals surface area (Å²) >= 11 is 0. The van der Waals surface area contributed by atoms with E-state index in [9.17, 15) is 4.79 Å². The Balaban J connectivity index is 2.25. The number of carbonyl (C=O) groups excluding carboxylic acids is 1. The van der Waals surface area contributed by atoms with Crippen LogP contribution in [0.15, 0.2) is 30.6 Å². The van der Waals surface area contributed by atoms with Gasteiger partial charge in [0.1, 0.15) is 6.33 Å². The molecule has 2 rings (SSSR count). The maximum atomic E-state index is 12.1. The predicted molar refractivity (Wildman–Crippen MR) is 77.9 cm³/mol. The number of nitrogens with one attached hydrogen (secondary N) is 1. The summed E-state index contributed by atoms with van der Waals surface area (Å²) < 4.78 is 1.81. The number of rotatable bonds is 5. The summed E-state index contributed by atoms with van der Waals surface area (Å²) in [6, 6.07) is 7.55. The number of benzene rings is 1. The normalized spacial score (nSPS) is 12.2. The van der Waals surface area contributed by atoms with Crippen LogP contribution in [0.25, 0.3) is 11.4 Å². The van der Waals surface area contributed by atoms with Crippen LogP contribution in [0, 0.1) is 5.92 Å². The number of aromatic nitrogens is 3. The molecule has 0 aliphatic rings. The van der Waals surface area contributed by atoms with Crippen molar-refractivity contribution in [2.75, 3.05) is 11.9 Å². The van der Waals surface area contributed by atoms with E-state index in [1.165, 1.54) is 0 Å². The highest BCUT2D eigenvalue weighted by Gasteiger charge is 2.15. The second kappa shape index (κ2) is 6.29. The summed E-state index contributed by atoms with van der Waals surface area (Å²) in [5.41, 5.74) is 7.07. The zero-order valence-electron chi connectivity index (χ0n) is 11.7. The lowest BCUT2D eigenvalue weighted by Crippen LogP contribution is -2.23. The van der Waals surface area contributed by atoms with Gasteiger partial charge in [0, 0.05) is 18.5 Å². The molecule has 0 saturated carbocycles. The molecule has 6 nitrogen and oxygen atoms in total. The van der Waals surface area contributed by atoms with Crippen LogP contribution in [0.4, 0.5) is 5.69 Å². The van der Waals surface area contributed by atoms with Gasteiger partial charge in [0.15, 0.2) is 5.82 Å². The Morgan fingerprint density at radius 3 is 2.85 bits per heavy atom. The van der Waals surface area contributed by atoms with Crippen molar-refractivity contribution in [2.45, 2.75) is 13.3 Å². The smallest absolute Gasteiger partial charge is 0.227 e. The summed E-state index contributed by atoms with van der Waals surface area (Å²) in [4.78, 5) is 12.1. The largest absolute Gasteiger partial charge is 0.330 e. The van der Waals surface area contributed by atoms with Crippen molar-refractivity contribution in [3.05, 3.63) is 30.6 Å². The second-order valence-electron chi connectivity index (χ2n) is 4.78. The molecule has 1 aromatic carbocycles. The monoisotopic (exact) mass is 273 g/mol. The Bertz CT molecular complexity index is 593. The molecule has 6 heteroatoms. The standard InChI is InChI=1S/C14H19N5O/c1-10(7-8-15)14(20)17-12-6-4-3-5-11(12)13-18-16-9-19(13)2/h3-6,9-10H,7-8,15H2,1-2H3,(H,17,20). The lowest BCUT2D eigenvalue weighted by atomic mass is 10.1. The molecule has 0 radical (unpaired) electrons. The van der Waals surface area contributed by atoms with Crippen molar-refractivity contribution < 1.29 is 4.79 Å². The fourth-order valence-corrected chi connectivity index (χ4v) is 1.95. The Labute approximate surface area is 118 Å². The highest BCUT2D eigenvalue weighted by atomic mass is 16.1. The van der Waals surface area contributed by atoms with Gasteiger partial charge in [0.2, 0.25) is 5.91 Å². The number of para-hydroxylation sites is 1. The number of anilines is 1. The van der Waals surface area contributed by atoms with E-state index in [1.807, 2.05) is 42.8 Å². The molecular formula is C14H19N5O. The molecule has 1 atom stereocenters. The molecular weight excluding hydrogens is 254 g/mol. The molecule has 20 heavy (non-hydrogen) atoms. The molecule has 1 unspecified atom stereocenters. The summed E-state index contributed by atoms with van der Waals surface area (Å²) in [5.74, 6) is 0.560. The highest BCUT2D eigenvalue weighted by molar-refractivity contribution is 5.95. The van der Waals surface area contributed by atoms with Gasteiger partial charge in [-0.1, -0.05) is 19.1 Å². The van der Waals surface area contributed by atoms with Crippen LogP contribution in [-0.2, 0) is 11.8 Å². The topological polar surface area (TPSA) is 85.8 Å². The lowest BCUT2D eigenvalue weighted by Gasteiger charge is -2.14.